The Morgan fingerprint density at radius 3 is 2.67 bits per heavy atom. The predicted molar refractivity (Wildman–Crippen MR) is 79.7 cm³/mol. The summed E-state index contributed by atoms with van der Waals surface area (Å²) in [5, 5.41) is 2.50. The van der Waals surface area contributed by atoms with Crippen LogP contribution in [0, 0.1) is 5.92 Å². The second-order valence-electron chi connectivity index (χ2n) is 5.16. The van der Waals surface area contributed by atoms with Crippen LogP contribution >= 0.6 is 11.6 Å². The molecule has 24 heavy (non-hydrogen) atoms. The van der Waals surface area contributed by atoms with Crippen LogP contribution in [0.1, 0.15) is 18.5 Å². The molecular formula is C13H12ClF3N6O. The molecule has 2 aromatic heterocycles. The molecule has 128 valence electrons. The maximum atomic E-state index is 12.7. The van der Waals surface area contributed by atoms with Crippen molar-refractivity contribution in [2.45, 2.75) is 19.0 Å². The lowest BCUT2D eigenvalue weighted by molar-refractivity contribution is -0.141. The van der Waals surface area contributed by atoms with Gasteiger partial charge in [0.25, 0.3) is 5.95 Å². The summed E-state index contributed by atoms with van der Waals surface area (Å²) >= 11 is 5.78. The van der Waals surface area contributed by atoms with E-state index in [1.54, 1.807) is 0 Å². The van der Waals surface area contributed by atoms with E-state index in [0.29, 0.717) is 12.5 Å². The summed E-state index contributed by atoms with van der Waals surface area (Å²) < 4.78 is 38.0. The van der Waals surface area contributed by atoms with Crippen molar-refractivity contribution < 1.29 is 18.0 Å². The van der Waals surface area contributed by atoms with Gasteiger partial charge in [-0.1, -0.05) is 0 Å². The smallest absolute Gasteiger partial charge is 0.324 e. The van der Waals surface area contributed by atoms with E-state index >= 15 is 0 Å². The third-order valence-corrected chi connectivity index (χ3v) is 3.26. The molecule has 0 unspecified atom stereocenters. The minimum Gasteiger partial charge on any atom is -0.324 e. The van der Waals surface area contributed by atoms with Crippen molar-refractivity contribution in [3.05, 3.63) is 29.3 Å². The van der Waals surface area contributed by atoms with Crippen LogP contribution in [-0.4, -0.2) is 26.5 Å². The van der Waals surface area contributed by atoms with Gasteiger partial charge in [-0.15, -0.1) is 0 Å². The Balaban J connectivity index is 1.70. The fourth-order valence-corrected chi connectivity index (χ4v) is 1.91. The number of hydrogen-bond acceptors (Lipinski definition) is 7. The number of hydrogen-bond donors (Lipinski definition) is 2. The predicted octanol–water partition coefficient (Wildman–Crippen LogP) is 3.44. The Labute approximate surface area is 139 Å². The highest BCUT2D eigenvalue weighted by Crippen LogP contribution is 2.30. The lowest BCUT2D eigenvalue weighted by atomic mass is 10.3. The van der Waals surface area contributed by atoms with Crippen LogP contribution in [0.25, 0.3) is 0 Å². The molecule has 0 bridgehead atoms. The Bertz CT molecular complexity index is 725. The van der Waals surface area contributed by atoms with Crippen LogP contribution in [0.4, 0.5) is 30.8 Å². The number of halogens is 4. The molecule has 3 rings (SSSR count). The van der Waals surface area contributed by atoms with Crippen LogP contribution in [0.2, 0.25) is 5.28 Å². The fourth-order valence-electron chi connectivity index (χ4n) is 1.75. The van der Waals surface area contributed by atoms with E-state index in [0.717, 1.165) is 25.1 Å². The van der Waals surface area contributed by atoms with Crippen molar-refractivity contribution in [3.63, 3.8) is 0 Å². The molecule has 0 atom stereocenters. The molecule has 1 saturated carbocycles. The molecule has 0 aliphatic heterocycles. The van der Waals surface area contributed by atoms with Gasteiger partial charge in [-0.2, -0.15) is 28.1 Å². The molecule has 0 amide bonds. The highest BCUT2D eigenvalue weighted by molar-refractivity contribution is 6.28. The Morgan fingerprint density at radius 2 is 1.96 bits per heavy atom. The second kappa shape index (κ2) is 6.73. The Morgan fingerprint density at radius 1 is 1.21 bits per heavy atom. The SMILES string of the molecule is FC(F)(F)c1cc(Nc2nc(Cl)nc(NOCC3CC3)n2)ccn1. The van der Waals surface area contributed by atoms with E-state index in [1.165, 1.54) is 6.07 Å². The largest absolute Gasteiger partial charge is 0.433 e. The van der Waals surface area contributed by atoms with E-state index in [-0.39, 0.29) is 22.9 Å². The summed E-state index contributed by atoms with van der Waals surface area (Å²) in [5.41, 5.74) is 1.63. The summed E-state index contributed by atoms with van der Waals surface area (Å²) in [6, 6.07) is 2.19. The van der Waals surface area contributed by atoms with E-state index in [4.69, 9.17) is 16.4 Å². The van der Waals surface area contributed by atoms with Gasteiger partial charge < -0.3 is 5.32 Å². The normalized spacial score (nSPS) is 14.5. The van der Waals surface area contributed by atoms with Crippen LogP contribution in [0.5, 0.6) is 0 Å². The monoisotopic (exact) mass is 360 g/mol. The highest BCUT2D eigenvalue weighted by atomic mass is 35.5. The van der Waals surface area contributed by atoms with E-state index < -0.39 is 11.9 Å². The van der Waals surface area contributed by atoms with Crippen molar-refractivity contribution >= 4 is 29.2 Å². The third-order valence-electron chi connectivity index (χ3n) is 3.09. The quantitative estimate of drug-likeness (QED) is 0.763. The third kappa shape index (κ3) is 4.65. The molecule has 2 heterocycles. The first kappa shape index (κ1) is 16.7. The van der Waals surface area contributed by atoms with Crippen molar-refractivity contribution in [1.29, 1.82) is 0 Å². The average Bonchev–Trinajstić information content (AvgIpc) is 3.30. The summed E-state index contributed by atoms with van der Waals surface area (Å²) in [7, 11) is 0. The molecule has 0 aromatic carbocycles. The summed E-state index contributed by atoms with van der Waals surface area (Å²) in [5.74, 6) is 0.570. The van der Waals surface area contributed by atoms with Crippen molar-refractivity contribution in [3.8, 4) is 0 Å². The molecule has 2 aromatic rings. The molecule has 1 aliphatic carbocycles. The van der Waals surface area contributed by atoms with Crippen molar-refractivity contribution in [1.82, 2.24) is 19.9 Å². The van der Waals surface area contributed by atoms with Gasteiger partial charge in [-0.25, -0.2) is 5.48 Å². The molecule has 7 nitrogen and oxygen atoms in total. The van der Waals surface area contributed by atoms with Crippen molar-refractivity contribution in [2.24, 2.45) is 5.92 Å². The van der Waals surface area contributed by atoms with E-state index in [2.05, 4.69) is 30.7 Å². The zero-order valence-corrected chi connectivity index (χ0v) is 12.9. The van der Waals surface area contributed by atoms with Crippen LogP contribution in [0.15, 0.2) is 18.3 Å². The van der Waals surface area contributed by atoms with Crippen LogP contribution in [-0.2, 0) is 11.0 Å². The number of rotatable bonds is 6. The van der Waals surface area contributed by atoms with Crippen LogP contribution in [0.3, 0.4) is 0 Å². The Hall–Kier alpha value is -2.20. The number of alkyl halides is 3. The van der Waals surface area contributed by atoms with Gasteiger partial charge in [0, 0.05) is 11.9 Å². The van der Waals surface area contributed by atoms with Gasteiger partial charge in [-0.3, -0.25) is 9.82 Å². The number of nitrogens with one attached hydrogen (secondary N) is 2. The Kier molecular flexibility index (Phi) is 4.67. The average molecular weight is 361 g/mol. The molecule has 1 aliphatic rings. The van der Waals surface area contributed by atoms with Crippen LogP contribution < -0.4 is 10.8 Å². The topological polar surface area (TPSA) is 84.9 Å². The molecule has 2 N–H and O–H groups in total. The number of nitrogens with zero attached hydrogens (tertiary/aromatic N) is 4. The molecule has 0 saturated heterocycles. The maximum absolute atomic E-state index is 12.7. The number of pyridine rings is 1. The van der Waals surface area contributed by atoms with Gasteiger partial charge >= 0.3 is 6.18 Å². The minimum atomic E-state index is -4.54. The van der Waals surface area contributed by atoms with Gasteiger partial charge in [-0.05, 0) is 42.5 Å². The first-order valence-corrected chi connectivity index (χ1v) is 7.37. The second-order valence-corrected chi connectivity index (χ2v) is 5.50. The van der Waals surface area contributed by atoms with Gasteiger partial charge in [0.15, 0.2) is 0 Å². The van der Waals surface area contributed by atoms with Gasteiger partial charge in [0.2, 0.25) is 11.2 Å². The van der Waals surface area contributed by atoms with Gasteiger partial charge in [0.05, 0.1) is 6.61 Å². The maximum Gasteiger partial charge on any atom is 0.433 e. The standard InChI is InChI=1S/C13H12ClF3N6O/c14-10-20-11(22-12(21-10)23-24-6-7-1-2-7)19-8-3-4-18-9(5-8)13(15,16)17/h3-5,7H,1-2,6H2,(H2,18,19,20,21,22,23). The lowest BCUT2D eigenvalue weighted by Gasteiger charge is -2.10. The van der Waals surface area contributed by atoms with Gasteiger partial charge in [0.1, 0.15) is 5.69 Å². The molecule has 11 heteroatoms. The van der Waals surface area contributed by atoms with E-state index in [9.17, 15) is 13.2 Å². The number of aromatic nitrogens is 4. The molecule has 0 radical (unpaired) electrons. The first-order chi connectivity index (χ1) is 11.4. The fraction of sp³-hybridized carbons (Fsp3) is 0.385. The van der Waals surface area contributed by atoms with Crippen molar-refractivity contribution in [2.75, 3.05) is 17.4 Å². The molecular weight excluding hydrogens is 349 g/mol. The number of anilines is 3. The zero-order chi connectivity index (χ0) is 17.2. The molecule has 0 spiro atoms. The first-order valence-electron chi connectivity index (χ1n) is 7.00. The summed E-state index contributed by atoms with van der Waals surface area (Å²) in [4.78, 5) is 20.1. The zero-order valence-electron chi connectivity index (χ0n) is 12.1. The van der Waals surface area contributed by atoms with E-state index in [1.807, 2.05) is 0 Å². The molecule has 1 fully saturated rings. The summed E-state index contributed by atoms with van der Waals surface area (Å²) in [6.45, 7) is 0.519. The highest BCUT2D eigenvalue weighted by Gasteiger charge is 2.32. The summed E-state index contributed by atoms with van der Waals surface area (Å²) in [6.07, 6.45) is -1.27. The lowest BCUT2D eigenvalue weighted by Crippen LogP contribution is -2.10. The minimum absolute atomic E-state index is 0.0214.